The highest BCUT2D eigenvalue weighted by atomic mass is 31.2. The van der Waals surface area contributed by atoms with Crippen LogP contribution in [-0.4, -0.2) is 74.9 Å². The molecule has 0 saturated heterocycles. The summed E-state index contributed by atoms with van der Waals surface area (Å²) in [5, 5.41) is 0. The lowest BCUT2D eigenvalue weighted by atomic mass is 10.1. The van der Waals surface area contributed by atoms with E-state index in [4.69, 9.17) is 18.5 Å². The van der Waals surface area contributed by atoms with Gasteiger partial charge in [0, 0.05) is 12.8 Å². The largest absolute Gasteiger partial charge is 0.472 e. The van der Waals surface area contributed by atoms with Crippen molar-refractivity contribution in [1.29, 1.82) is 0 Å². The van der Waals surface area contributed by atoms with E-state index >= 15 is 0 Å². The molecule has 0 heterocycles. The van der Waals surface area contributed by atoms with Gasteiger partial charge in [-0.3, -0.25) is 18.6 Å². The lowest BCUT2D eigenvalue weighted by Crippen LogP contribution is -2.37. The Kier molecular flexibility index (Phi) is 39.5. The maximum absolute atomic E-state index is 12.7. The van der Waals surface area contributed by atoms with Crippen molar-refractivity contribution in [2.45, 2.75) is 193 Å². The zero-order chi connectivity index (χ0) is 43.6. The van der Waals surface area contributed by atoms with E-state index in [1.807, 2.05) is 21.1 Å². The number of rotatable bonds is 42. The fourth-order valence-corrected chi connectivity index (χ4v) is 6.79. The summed E-state index contributed by atoms with van der Waals surface area (Å²) in [6.45, 7) is 4.34. The van der Waals surface area contributed by atoms with E-state index in [0.29, 0.717) is 23.9 Å². The molecule has 0 amide bonds. The monoisotopic (exact) mass is 851 g/mol. The van der Waals surface area contributed by atoms with E-state index in [1.165, 1.54) is 77.0 Å². The molecule has 0 aromatic heterocycles. The van der Waals surface area contributed by atoms with Crippen molar-refractivity contribution in [2.75, 3.05) is 47.5 Å². The number of unbranched alkanes of at least 4 members (excludes halogenated alkanes) is 18. The molecule has 1 unspecified atom stereocenters. The van der Waals surface area contributed by atoms with Gasteiger partial charge in [-0.15, -0.1) is 0 Å². The fourth-order valence-electron chi connectivity index (χ4n) is 6.05. The summed E-state index contributed by atoms with van der Waals surface area (Å²) in [5.41, 5.74) is 0. The molecule has 0 rings (SSSR count). The molecule has 0 aromatic rings. The summed E-state index contributed by atoms with van der Waals surface area (Å²) < 4.78 is 34.3. The van der Waals surface area contributed by atoms with E-state index in [-0.39, 0.29) is 26.1 Å². The number of hydrogen-bond donors (Lipinski definition) is 1. The third kappa shape index (κ3) is 45.1. The Bertz CT molecular complexity index is 1190. The minimum Gasteiger partial charge on any atom is -0.462 e. The SMILES string of the molecule is CCCCC/C=C\C/C=C\C/C=C\C/C=C\CCCCCC(=O)OC[C@H](COP(=O)(O)OCC[N+](C)(C)C)OC(=O)CCCCCCC/C=C\CCCCCCCCC. The lowest BCUT2D eigenvalue weighted by molar-refractivity contribution is -0.870. The van der Waals surface area contributed by atoms with Crippen LogP contribution in [0.3, 0.4) is 0 Å². The zero-order valence-electron chi connectivity index (χ0n) is 38.5. The van der Waals surface area contributed by atoms with Crippen LogP contribution in [0.25, 0.3) is 0 Å². The first-order chi connectivity index (χ1) is 28.5. The van der Waals surface area contributed by atoms with E-state index < -0.39 is 32.5 Å². The second-order valence-electron chi connectivity index (χ2n) is 16.8. The van der Waals surface area contributed by atoms with E-state index in [2.05, 4.69) is 74.6 Å². The number of carbonyl (C=O) groups is 2. The Morgan fingerprint density at radius 1 is 0.525 bits per heavy atom. The van der Waals surface area contributed by atoms with Crippen LogP contribution in [0.15, 0.2) is 60.8 Å². The maximum Gasteiger partial charge on any atom is 0.472 e. The summed E-state index contributed by atoms with van der Waals surface area (Å²) in [7, 11) is 1.45. The minimum atomic E-state index is -4.39. The van der Waals surface area contributed by atoms with Gasteiger partial charge in [0.2, 0.25) is 0 Å². The molecule has 0 radical (unpaired) electrons. The normalized spacial score (nSPS) is 14.1. The number of hydrogen-bond acceptors (Lipinski definition) is 7. The molecule has 0 spiro atoms. The van der Waals surface area contributed by atoms with Crippen LogP contribution < -0.4 is 0 Å². The second-order valence-corrected chi connectivity index (χ2v) is 18.2. The summed E-state index contributed by atoms with van der Waals surface area (Å²) in [5.74, 6) is -0.846. The predicted octanol–water partition coefficient (Wildman–Crippen LogP) is 13.6. The third-order valence-corrected chi connectivity index (χ3v) is 10.8. The average Bonchev–Trinajstić information content (AvgIpc) is 3.19. The van der Waals surface area contributed by atoms with Crippen LogP contribution in [0.2, 0.25) is 0 Å². The Hall–Kier alpha value is -2.29. The molecule has 0 aliphatic rings. The van der Waals surface area contributed by atoms with Gasteiger partial charge in [0.05, 0.1) is 27.7 Å². The number of carbonyl (C=O) groups excluding carboxylic acids is 2. The maximum atomic E-state index is 12.7. The molecule has 59 heavy (non-hydrogen) atoms. The molecule has 9 nitrogen and oxygen atoms in total. The third-order valence-electron chi connectivity index (χ3n) is 9.77. The van der Waals surface area contributed by atoms with Crippen molar-refractivity contribution >= 4 is 19.8 Å². The van der Waals surface area contributed by atoms with Gasteiger partial charge >= 0.3 is 19.8 Å². The van der Waals surface area contributed by atoms with Gasteiger partial charge in [-0.25, -0.2) is 4.57 Å². The highest BCUT2D eigenvalue weighted by molar-refractivity contribution is 7.47. The molecule has 0 aliphatic carbocycles. The van der Waals surface area contributed by atoms with E-state index in [0.717, 1.165) is 70.6 Å². The first-order valence-electron chi connectivity index (χ1n) is 23.5. The second kappa shape index (κ2) is 41.1. The fraction of sp³-hybridized carbons (Fsp3) is 0.755. The van der Waals surface area contributed by atoms with E-state index in [9.17, 15) is 19.0 Å². The Balaban J connectivity index is 4.40. The Morgan fingerprint density at radius 2 is 0.915 bits per heavy atom. The zero-order valence-corrected chi connectivity index (χ0v) is 39.4. The molecule has 0 bridgehead atoms. The van der Waals surface area contributed by atoms with Crippen molar-refractivity contribution in [3.8, 4) is 0 Å². The number of ether oxygens (including phenoxy) is 2. The van der Waals surface area contributed by atoms with Gasteiger partial charge in [-0.05, 0) is 83.5 Å². The van der Waals surface area contributed by atoms with Crippen LogP contribution in [0.4, 0.5) is 0 Å². The van der Waals surface area contributed by atoms with E-state index in [1.54, 1.807) is 0 Å². The molecule has 2 atom stereocenters. The quantitative estimate of drug-likeness (QED) is 0.0213. The molecular weight excluding hydrogens is 762 g/mol. The molecule has 342 valence electrons. The number of allylic oxidation sites excluding steroid dienone is 10. The number of phosphoric acid groups is 1. The standard InChI is InChI=1S/C49H88NO8P/c1-6-8-10-12-14-16-18-20-22-24-25-26-28-29-31-33-35-37-39-41-48(51)55-45-47(46-57-59(53,54)56-44-43-50(3,4)5)58-49(52)42-40-38-36-34-32-30-27-23-21-19-17-15-13-11-9-7-2/h14,16,20,22-23,25-27,29,31,47H,6-13,15,17-19,21,24,28,30,32-46H2,1-5H3/p+1/b16-14-,22-20-,26-25-,27-23-,31-29-/t47-/m1/s1. The number of likely N-dealkylation sites (N-methyl/N-ethyl adjacent to an activating group) is 1. The van der Waals surface area contributed by atoms with Gasteiger partial charge in [0.1, 0.15) is 19.8 Å². The van der Waals surface area contributed by atoms with Gasteiger partial charge in [0.15, 0.2) is 6.10 Å². The van der Waals surface area contributed by atoms with Crippen molar-refractivity contribution in [3.63, 3.8) is 0 Å². The van der Waals surface area contributed by atoms with Crippen molar-refractivity contribution < 1.29 is 42.1 Å². The van der Waals surface area contributed by atoms with Gasteiger partial charge in [-0.1, -0.05) is 152 Å². The topological polar surface area (TPSA) is 108 Å². The Labute approximate surface area is 362 Å². The first-order valence-corrected chi connectivity index (χ1v) is 25.0. The molecule has 10 heteroatoms. The van der Waals surface area contributed by atoms with Gasteiger partial charge in [0.25, 0.3) is 0 Å². The lowest BCUT2D eigenvalue weighted by Gasteiger charge is -2.24. The highest BCUT2D eigenvalue weighted by Gasteiger charge is 2.27. The molecule has 0 aliphatic heterocycles. The number of quaternary nitrogens is 1. The molecule has 0 saturated carbocycles. The summed E-state index contributed by atoms with van der Waals surface area (Å²) >= 11 is 0. The summed E-state index contributed by atoms with van der Waals surface area (Å²) in [4.78, 5) is 35.4. The number of esters is 2. The van der Waals surface area contributed by atoms with Crippen LogP contribution in [0.5, 0.6) is 0 Å². The van der Waals surface area contributed by atoms with Crippen molar-refractivity contribution in [1.82, 2.24) is 0 Å². The minimum absolute atomic E-state index is 0.0225. The average molecular weight is 851 g/mol. The molecule has 1 N–H and O–H groups in total. The number of phosphoric ester groups is 1. The van der Waals surface area contributed by atoms with Crippen LogP contribution in [0, 0.1) is 0 Å². The smallest absolute Gasteiger partial charge is 0.462 e. The van der Waals surface area contributed by atoms with Crippen molar-refractivity contribution in [3.05, 3.63) is 60.8 Å². The number of nitrogens with zero attached hydrogens (tertiary/aromatic N) is 1. The highest BCUT2D eigenvalue weighted by Crippen LogP contribution is 2.43. The first kappa shape index (κ1) is 56.7. The predicted molar refractivity (Wildman–Crippen MR) is 247 cm³/mol. The van der Waals surface area contributed by atoms with Crippen molar-refractivity contribution in [2.24, 2.45) is 0 Å². The molecule has 0 aromatic carbocycles. The van der Waals surface area contributed by atoms with Crippen LogP contribution in [-0.2, 0) is 32.7 Å². The summed E-state index contributed by atoms with van der Waals surface area (Å²) in [6, 6.07) is 0. The Morgan fingerprint density at radius 3 is 1.42 bits per heavy atom. The van der Waals surface area contributed by atoms with Gasteiger partial charge < -0.3 is 18.9 Å². The molecule has 0 fully saturated rings. The van der Waals surface area contributed by atoms with Crippen LogP contribution >= 0.6 is 7.82 Å². The molecular formula is C49H89NO8P+. The summed E-state index contributed by atoms with van der Waals surface area (Å²) in [6.07, 6.45) is 49.8. The van der Waals surface area contributed by atoms with Gasteiger partial charge in [-0.2, -0.15) is 0 Å². The van der Waals surface area contributed by atoms with Crippen LogP contribution in [0.1, 0.15) is 187 Å².